The molecule has 4 N–H and O–H groups in total. The van der Waals surface area contributed by atoms with Crippen LogP contribution in [0.5, 0.6) is 0 Å². The van der Waals surface area contributed by atoms with Gasteiger partial charge in [0.05, 0.1) is 11.3 Å². The Bertz CT molecular complexity index is 484. The molecule has 7 heteroatoms. The summed E-state index contributed by atoms with van der Waals surface area (Å²) in [4.78, 5) is 10.2. The summed E-state index contributed by atoms with van der Waals surface area (Å²) in [6.07, 6.45) is -0.262. The molecule has 6 nitrogen and oxygen atoms in total. The molecule has 1 rings (SSSR count). The highest BCUT2D eigenvalue weighted by Crippen LogP contribution is 2.12. The summed E-state index contributed by atoms with van der Waals surface area (Å²) in [6, 6.07) is 5.78. The van der Waals surface area contributed by atoms with Gasteiger partial charge in [-0.25, -0.2) is 13.1 Å². The van der Waals surface area contributed by atoms with Crippen LogP contribution in [0.25, 0.3) is 0 Å². The van der Waals surface area contributed by atoms with Gasteiger partial charge < -0.3 is 10.8 Å². The van der Waals surface area contributed by atoms with Crippen LogP contribution in [0.3, 0.4) is 0 Å². The molecule has 0 heterocycles. The molecular formula is C9H12N2O4S. The quantitative estimate of drug-likeness (QED) is 0.633. The van der Waals surface area contributed by atoms with Crippen molar-refractivity contribution in [1.82, 2.24) is 4.72 Å². The number of aliphatic carboxylic acids is 1. The van der Waals surface area contributed by atoms with E-state index in [-0.39, 0.29) is 17.9 Å². The molecule has 0 fully saturated rings. The Kier molecular flexibility index (Phi) is 3.86. The number of nitrogens with one attached hydrogen (secondary N) is 1. The van der Waals surface area contributed by atoms with Crippen molar-refractivity contribution in [1.29, 1.82) is 0 Å². The van der Waals surface area contributed by atoms with E-state index in [1.807, 2.05) is 0 Å². The lowest BCUT2D eigenvalue weighted by molar-refractivity contribution is -0.136. The van der Waals surface area contributed by atoms with Crippen molar-refractivity contribution in [3.8, 4) is 0 Å². The highest BCUT2D eigenvalue weighted by Gasteiger charge is 2.13. The molecular weight excluding hydrogens is 232 g/mol. The summed E-state index contributed by atoms with van der Waals surface area (Å²) in [7, 11) is -3.67. The minimum atomic E-state index is -3.67. The van der Waals surface area contributed by atoms with Gasteiger partial charge in [-0.15, -0.1) is 0 Å². The number of anilines is 1. The van der Waals surface area contributed by atoms with E-state index in [9.17, 15) is 13.2 Å². The molecule has 0 aliphatic heterocycles. The Balaban J connectivity index is 2.74. The Morgan fingerprint density at radius 3 is 2.69 bits per heavy atom. The van der Waals surface area contributed by atoms with Gasteiger partial charge in [0.25, 0.3) is 0 Å². The Labute approximate surface area is 93.1 Å². The molecule has 0 saturated carbocycles. The lowest BCUT2D eigenvalue weighted by Crippen LogP contribution is -2.26. The molecule has 0 atom stereocenters. The van der Waals surface area contributed by atoms with Crippen LogP contribution in [-0.2, 0) is 14.8 Å². The van der Waals surface area contributed by atoms with Crippen molar-refractivity contribution in [3.05, 3.63) is 24.3 Å². The number of carboxylic acid groups (broad SMARTS) is 1. The maximum Gasteiger partial charge on any atom is 0.304 e. The second-order valence-corrected chi connectivity index (χ2v) is 4.88. The minimum absolute atomic E-state index is 0.0258. The number of nitrogens with two attached hydrogens (primary N) is 1. The Morgan fingerprint density at radius 2 is 2.12 bits per heavy atom. The van der Waals surface area contributed by atoms with Crippen LogP contribution in [0.4, 0.5) is 5.69 Å². The fraction of sp³-hybridized carbons (Fsp3) is 0.222. The number of benzene rings is 1. The maximum absolute atomic E-state index is 11.6. The van der Waals surface area contributed by atoms with E-state index in [1.54, 1.807) is 6.07 Å². The van der Waals surface area contributed by atoms with Gasteiger partial charge in [0, 0.05) is 12.2 Å². The molecule has 0 amide bonds. The predicted molar refractivity (Wildman–Crippen MR) is 58.3 cm³/mol. The summed E-state index contributed by atoms with van der Waals surface area (Å²) in [6.45, 7) is -0.146. The largest absolute Gasteiger partial charge is 0.481 e. The van der Waals surface area contributed by atoms with Gasteiger partial charge in [0.15, 0.2) is 0 Å². The zero-order valence-electron chi connectivity index (χ0n) is 8.38. The summed E-state index contributed by atoms with van der Waals surface area (Å²) in [5.41, 5.74) is 5.78. The average Bonchev–Trinajstić information content (AvgIpc) is 2.16. The first-order valence-electron chi connectivity index (χ1n) is 4.49. The van der Waals surface area contributed by atoms with Gasteiger partial charge >= 0.3 is 5.97 Å². The van der Waals surface area contributed by atoms with Crippen LogP contribution in [0, 0.1) is 0 Å². The van der Waals surface area contributed by atoms with Crippen molar-refractivity contribution in [2.75, 3.05) is 12.3 Å². The van der Waals surface area contributed by atoms with Gasteiger partial charge in [0.2, 0.25) is 10.0 Å². The maximum atomic E-state index is 11.6. The molecule has 0 aliphatic carbocycles. The fourth-order valence-electron chi connectivity index (χ4n) is 1.06. The van der Waals surface area contributed by atoms with Gasteiger partial charge in [-0.05, 0) is 18.2 Å². The summed E-state index contributed by atoms with van der Waals surface area (Å²) in [5.74, 6) is -1.06. The van der Waals surface area contributed by atoms with Crippen molar-refractivity contribution in [3.63, 3.8) is 0 Å². The molecule has 0 saturated heterocycles. The van der Waals surface area contributed by atoms with Crippen LogP contribution in [-0.4, -0.2) is 26.0 Å². The average molecular weight is 244 g/mol. The fourth-order valence-corrected chi connectivity index (χ4v) is 2.14. The van der Waals surface area contributed by atoms with E-state index in [0.717, 1.165) is 0 Å². The molecule has 0 bridgehead atoms. The first kappa shape index (κ1) is 12.5. The number of nitrogen functional groups attached to an aromatic ring is 1. The normalized spacial score (nSPS) is 11.2. The highest BCUT2D eigenvalue weighted by molar-refractivity contribution is 7.89. The van der Waals surface area contributed by atoms with Crippen molar-refractivity contribution < 1.29 is 18.3 Å². The van der Waals surface area contributed by atoms with Crippen molar-refractivity contribution >= 4 is 21.7 Å². The standard InChI is InChI=1S/C9H12N2O4S/c10-7-2-1-3-8(6-7)16(14,15)11-5-4-9(12)13/h1-3,6,11H,4-5,10H2,(H,12,13). The molecule has 1 aromatic carbocycles. The van der Waals surface area contributed by atoms with E-state index < -0.39 is 16.0 Å². The zero-order chi connectivity index (χ0) is 12.2. The Morgan fingerprint density at radius 1 is 1.44 bits per heavy atom. The van der Waals surface area contributed by atoms with E-state index in [1.165, 1.54) is 18.2 Å². The second kappa shape index (κ2) is 4.95. The molecule has 88 valence electrons. The predicted octanol–water partition coefficient (Wildman–Crippen LogP) is 0.0218. The monoisotopic (exact) mass is 244 g/mol. The van der Waals surface area contributed by atoms with Crippen LogP contribution in [0.15, 0.2) is 29.2 Å². The van der Waals surface area contributed by atoms with Crippen LogP contribution >= 0.6 is 0 Å². The Hall–Kier alpha value is -1.60. The zero-order valence-corrected chi connectivity index (χ0v) is 9.20. The SMILES string of the molecule is Nc1cccc(S(=O)(=O)NCCC(=O)O)c1. The van der Waals surface area contributed by atoms with Gasteiger partial charge in [-0.2, -0.15) is 0 Å². The molecule has 16 heavy (non-hydrogen) atoms. The molecule has 0 aliphatic rings. The molecule has 0 aromatic heterocycles. The lowest BCUT2D eigenvalue weighted by Gasteiger charge is -2.05. The summed E-state index contributed by atoms with van der Waals surface area (Å²) in [5, 5.41) is 8.37. The van der Waals surface area contributed by atoms with E-state index in [4.69, 9.17) is 10.8 Å². The third-order valence-electron chi connectivity index (χ3n) is 1.80. The first-order valence-corrected chi connectivity index (χ1v) is 5.97. The van der Waals surface area contributed by atoms with E-state index >= 15 is 0 Å². The highest BCUT2D eigenvalue weighted by atomic mass is 32.2. The summed E-state index contributed by atoms with van der Waals surface area (Å²) < 4.78 is 25.4. The van der Waals surface area contributed by atoms with Crippen molar-refractivity contribution in [2.24, 2.45) is 0 Å². The van der Waals surface area contributed by atoms with Crippen LogP contribution in [0.1, 0.15) is 6.42 Å². The number of carboxylic acids is 1. The number of hydrogen-bond donors (Lipinski definition) is 3. The van der Waals surface area contributed by atoms with Crippen LogP contribution in [0.2, 0.25) is 0 Å². The van der Waals surface area contributed by atoms with Crippen LogP contribution < -0.4 is 10.5 Å². The third-order valence-corrected chi connectivity index (χ3v) is 3.26. The number of rotatable bonds is 5. The van der Waals surface area contributed by atoms with Gasteiger partial charge in [-0.1, -0.05) is 6.07 Å². The molecule has 0 radical (unpaired) electrons. The first-order chi connectivity index (χ1) is 7.42. The minimum Gasteiger partial charge on any atom is -0.481 e. The van der Waals surface area contributed by atoms with Gasteiger partial charge in [0.1, 0.15) is 0 Å². The number of carbonyl (C=O) groups is 1. The topological polar surface area (TPSA) is 109 Å². The molecule has 0 unspecified atom stereocenters. The molecule has 1 aromatic rings. The van der Waals surface area contributed by atoms with E-state index in [0.29, 0.717) is 5.69 Å². The second-order valence-electron chi connectivity index (χ2n) is 3.11. The van der Waals surface area contributed by atoms with Gasteiger partial charge in [-0.3, -0.25) is 4.79 Å². The van der Waals surface area contributed by atoms with Crippen molar-refractivity contribution in [2.45, 2.75) is 11.3 Å². The lowest BCUT2D eigenvalue weighted by atomic mass is 10.3. The molecule has 0 spiro atoms. The van der Waals surface area contributed by atoms with E-state index in [2.05, 4.69) is 4.72 Å². The summed E-state index contributed by atoms with van der Waals surface area (Å²) >= 11 is 0. The number of hydrogen-bond acceptors (Lipinski definition) is 4. The smallest absolute Gasteiger partial charge is 0.304 e. The third kappa shape index (κ3) is 3.52. The number of sulfonamides is 1.